The van der Waals surface area contributed by atoms with Gasteiger partial charge in [-0.2, -0.15) is 0 Å². The number of fused-ring (bicyclic) bond motifs is 2. The SMILES string of the molecule is Cc1ccccc1-c1nc2c(c(=O)c3ccccc3n2C)c(=O)n1C1CCCC1. The lowest BCUT2D eigenvalue weighted by molar-refractivity contribution is 0.504. The summed E-state index contributed by atoms with van der Waals surface area (Å²) in [5, 5.41) is 0.749. The molecule has 5 nitrogen and oxygen atoms in total. The molecule has 2 aromatic heterocycles. The molecule has 2 heterocycles. The largest absolute Gasteiger partial charge is 0.328 e. The molecular formula is C24H23N3O2. The Morgan fingerprint density at radius 2 is 1.66 bits per heavy atom. The Morgan fingerprint density at radius 1 is 0.966 bits per heavy atom. The van der Waals surface area contributed by atoms with Crippen LogP contribution in [0.3, 0.4) is 0 Å². The van der Waals surface area contributed by atoms with Crippen molar-refractivity contribution < 1.29 is 0 Å². The summed E-state index contributed by atoms with van der Waals surface area (Å²) in [5.74, 6) is 0.665. The molecule has 1 fully saturated rings. The lowest BCUT2D eigenvalue weighted by Gasteiger charge is -2.21. The number of benzene rings is 2. The zero-order chi connectivity index (χ0) is 20.1. The van der Waals surface area contributed by atoms with E-state index in [0.29, 0.717) is 16.9 Å². The van der Waals surface area contributed by atoms with Gasteiger partial charge < -0.3 is 4.57 Å². The van der Waals surface area contributed by atoms with Crippen LogP contribution >= 0.6 is 0 Å². The zero-order valence-corrected chi connectivity index (χ0v) is 16.7. The van der Waals surface area contributed by atoms with Crippen LogP contribution in [-0.4, -0.2) is 14.1 Å². The van der Waals surface area contributed by atoms with Gasteiger partial charge >= 0.3 is 0 Å². The molecule has 0 amide bonds. The van der Waals surface area contributed by atoms with Crippen molar-refractivity contribution >= 4 is 21.9 Å². The standard InChI is InChI=1S/C24H23N3O2/c1-15-9-3-6-12-17(15)22-25-23-20(24(29)27(22)16-10-4-5-11-16)21(28)18-13-7-8-14-19(18)26(23)2/h3,6-9,12-14,16H,4-5,10-11H2,1-2H3. The van der Waals surface area contributed by atoms with Gasteiger partial charge in [-0.05, 0) is 37.5 Å². The molecule has 4 aromatic rings. The predicted octanol–water partition coefficient (Wildman–Crippen LogP) is 4.34. The molecule has 5 heteroatoms. The number of aromatic nitrogens is 3. The molecular weight excluding hydrogens is 362 g/mol. The van der Waals surface area contributed by atoms with E-state index in [1.54, 1.807) is 10.6 Å². The van der Waals surface area contributed by atoms with Gasteiger partial charge in [0, 0.05) is 24.0 Å². The maximum Gasteiger partial charge on any atom is 0.267 e. The Morgan fingerprint density at radius 3 is 2.41 bits per heavy atom. The first-order valence-electron chi connectivity index (χ1n) is 10.2. The van der Waals surface area contributed by atoms with Gasteiger partial charge in [-0.25, -0.2) is 4.98 Å². The van der Waals surface area contributed by atoms with E-state index in [-0.39, 0.29) is 22.4 Å². The number of pyridine rings is 1. The number of nitrogens with zero attached hydrogens (tertiary/aromatic N) is 3. The van der Waals surface area contributed by atoms with Gasteiger partial charge in [0.15, 0.2) is 5.65 Å². The molecule has 0 bridgehead atoms. The highest BCUT2D eigenvalue weighted by Crippen LogP contribution is 2.33. The fourth-order valence-electron chi connectivity index (χ4n) is 4.69. The lowest BCUT2D eigenvalue weighted by Crippen LogP contribution is -2.31. The van der Waals surface area contributed by atoms with Crippen molar-refractivity contribution in [2.75, 3.05) is 0 Å². The molecule has 2 aromatic carbocycles. The number of rotatable bonds is 2. The maximum absolute atomic E-state index is 13.7. The molecule has 0 N–H and O–H groups in total. The van der Waals surface area contributed by atoms with Gasteiger partial charge in [-0.3, -0.25) is 14.2 Å². The van der Waals surface area contributed by atoms with Crippen molar-refractivity contribution in [3.63, 3.8) is 0 Å². The maximum atomic E-state index is 13.7. The predicted molar refractivity (Wildman–Crippen MR) is 116 cm³/mol. The van der Waals surface area contributed by atoms with Crippen molar-refractivity contribution in [1.29, 1.82) is 0 Å². The van der Waals surface area contributed by atoms with E-state index in [1.165, 1.54) is 0 Å². The van der Waals surface area contributed by atoms with Gasteiger partial charge in [0.25, 0.3) is 5.56 Å². The fraction of sp³-hybridized carbons (Fsp3) is 0.292. The smallest absolute Gasteiger partial charge is 0.267 e. The highest BCUT2D eigenvalue weighted by Gasteiger charge is 2.26. The molecule has 0 aliphatic heterocycles. The topological polar surface area (TPSA) is 56.9 Å². The minimum atomic E-state index is -0.228. The van der Waals surface area contributed by atoms with Crippen LogP contribution in [0.15, 0.2) is 58.1 Å². The van der Waals surface area contributed by atoms with Crippen LogP contribution in [0.25, 0.3) is 33.3 Å². The van der Waals surface area contributed by atoms with Crippen LogP contribution < -0.4 is 11.0 Å². The highest BCUT2D eigenvalue weighted by atomic mass is 16.1. The average Bonchev–Trinajstić information content (AvgIpc) is 3.26. The molecule has 1 saturated carbocycles. The summed E-state index contributed by atoms with van der Waals surface area (Å²) in [6.07, 6.45) is 4.08. The molecule has 146 valence electrons. The number of hydrogen-bond donors (Lipinski definition) is 0. The highest BCUT2D eigenvalue weighted by molar-refractivity contribution is 5.92. The minimum Gasteiger partial charge on any atom is -0.328 e. The molecule has 1 aliphatic rings. The zero-order valence-electron chi connectivity index (χ0n) is 16.7. The van der Waals surface area contributed by atoms with E-state index in [0.717, 1.165) is 42.3 Å². The van der Waals surface area contributed by atoms with Crippen LogP contribution in [0.5, 0.6) is 0 Å². The van der Waals surface area contributed by atoms with E-state index >= 15 is 0 Å². The molecule has 1 aliphatic carbocycles. The molecule has 0 atom stereocenters. The van der Waals surface area contributed by atoms with Gasteiger partial charge in [0.2, 0.25) is 5.43 Å². The Hall–Kier alpha value is -3.21. The number of hydrogen-bond acceptors (Lipinski definition) is 3. The van der Waals surface area contributed by atoms with Crippen LogP contribution in [0, 0.1) is 6.92 Å². The molecule has 0 unspecified atom stereocenters. The van der Waals surface area contributed by atoms with Gasteiger partial charge in [-0.15, -0.1) is 0 Å². The van der Waals surface area contributed by atoms with Crippen LogP contribution in [-0.2, 0) is 7.05 Å². The van der Waals surface area contributed by atoms with Crippen LogP contribution in [0.4, 0.5) is 0 Å². The van der Waals surface area contributed by atoms with E-state index in [4.69, 9.17) is 4.98 Å². The summed E-state index contributed by atoms with van der Waals surface area (Å²) in [6.45, 7) is 2.03. The van der Waals surface area contributed by atoms with Crippen LogP contribution in [0.2, 0.25) is 0 Å². The normalized spacial score (nSPS) is 14.8. The molecule has 0 saturated heterocycles. The third-order valence-corrected chi connectivity index (χ3v) is 6.23. The number of aryl methyl sites for hydroxylation is 2. The third kappa shape index (κ3) is 2.64. The summed E-state index contributed by atoms with van der Waals surface area (Å²) in [7, 11) is 1.87. The summed E-state index contributed by atoms with van der Waals surface area (Å²) in [5.41, 5.74) is 2.80. The van der Waals surface area contributed by atoms with E-state index in [2.05, 4.69) is 0 Å². The second kappa shape index (κ2) is 6.69. The molecule has 5 rings (SSSR count). The Bertz CT molecular complexity index is 1380. The lowest BCUT2D eigenvalue weighted by atomic mass is 10.1. The van der Waals surface area contributed by atoms with Gasteiger partial charge in [-0.1, -0.05) is 49.2 Å². The van der Waals surface area contributed by atoms with E-state index < -0.39 is 0 Å². The summed E-state index contributed by atoms with van der Waals surface area (Å²) >= 11 is 0. The fourth-order valence-corrected chi connectivity index (χ4v) is 4.69. The van der Waals surface area contributed by atoms with Crippen molar-refractivity contribution in [3.05, 3.63) is 74.7 Å². The molecule has 0 spiro atoms. The third-order valence-electron chi connectivity index (χ3n) is 6.23. The number of para-hydroxylation sites is 1. The minimum absolute atomic E-state index is 0.0881. The summed E-state index contributed by atoms with van der Waals surface area (Å²) < 4.78 is 3.67. The van der Waals surface area contributed by atoms with E-state index in [1.807, 2.05) is 61.0 Å². The second-order valence-corrected chi connectivity index (χ2v) is 7.97. The quantitative estimate of drug-likeness (QED) is 0.482. The van der Waals surface area contributed by atoms with Gasteiger partial charge in [0.1, 0.15) is 11.2 Å². The molecule has 29 heavy (non-hydrogen) atoms. The van der Waals surface area contributed by atoms with Crippen molar-refractivity contribution in [2.45, 2.75) is 38.6 Å². The summed E-state index contributed by atoms with van der Waals surface area (Å²) in [6, 6.07) is 15.5. The Balaban J connectivity index is 1.99. The first-order valence-corrected chi connectivity index (χ1v) is 10.2. The van der Waals surface area contributed by atoms with Crippen molar-refractivity contribution in [1.82, 2.24) is 14.1 Å². The van der Waals surface area contributed by atoms with Gasteiger partial charge in [0.05, 0.1) is 5.52 Å². The summed E-state index contributed by atoms with van der Waals surface area (Å²) in [4.78, 5) is 32.0. The van der Waals surface area contributed by atoms with Crippen LogP contribution in [0.1, 0.15) is 37.3 Å². The average molecular weight is 385 g/mol. The second-order valence-electron chi connectivity index (χ2n) is 7.97. The van der Waals surface area contributed by atoms with Crippen molar-refractivity contribution in [3.8, 4) is 11.4 Å². The first-order chi connectivity index (χ1) is 14.1. The molecule has 0 radical (unpaired) electrons. The first kappa shape index (κ1) is 17.9. The van der Waals surface area contributed by atoms with Crippen molar-refractivity contribution in [2.24, 2.45) is 7.05 Å². The Labute approximate surface area is 168 Å². The van der Waals surface area contributed by atoms with E-state index in [9.17, 15) is 9.59 Å². The monoisotopic (exact) mass is 385 g/mol. The Kier molecular flexibility index (Phi) is 4.12.